The SMILES string of the molecule is CCOC(=O)NC(=O)COc1ccc(S(=O)(=O)N2CCOCC2)cc1. The minimum Gasteiger partial charge on any atom is -0.484 e. The van der Waals surface area contributed by atoms with Crippen molar-refractivity contribution in [3.8, 4) is 5.75 Å². The van der Waals surface area contributed by atoms with Crippen molar-refractivity contribution in [2.24, 2.45) is 0 Å². The maximum Gasteiger partial charge on any atom is 0.413 e. The van der Waals surface area contributed by atoms with Crippen LogP contribution in [0.5, 0.6) is 5.75 Å². The first-order valence-corrected chi connectivity index (χ1v) is 9.15. The minimum atomic E-state index is -3.57. The monoisotopic (exact) mass is 372 g/mol. The molecule has 138 valence electrons. The molecule has 25 heavy (non-hydrogen) atoms. The summed E-state index contributed by atoms with van der Waals surface area (Å²) in [5.74, 6) is -0.358. The molecule has 1 aliphatic heterocycles. The van der Waals surface area contributed by atoms with Gasteiger partial charge in [0.2, 0.25) is 10.0 Å². The van der Waals surface area contributed by atoms with Gasteiger partial charge in [0.15, 0.2) is 6.61 Å². The van der Waals surface area contributed by atoms with Crippen LogP contribution >= 0.6 is 0 Å². The van der Waals surface area contributed by atoms with Crippen molar-refractivity contribution < 1.29 is 32.2 Å². The number of amides is 2. The van der Waals surface area contributed by atoms with Gasteiger partial charge in [0.1, 0.15) is 5.75 Å². The van der Waals surface area contributed by atoms with Crippen molar-refractivity contribution in [1.29, 1.82) is 0 Å². The Balaban J connectivity index is 1.91. The predicted octanol–water partition coefficient (Wildman–Crippen LogP) is 0.359. The molecule has 1 aromatic rings. The van der Waals surface area contributed by atoms with Crippen LogP contribution in [0.25, 0.3) is 0 Å². The first-order chi connectivity index (χ1) is 11.9. The first kappa shape index (κ1) is 19.2. The van der Waals surface area contributed by atoms with Crippen LogP contribution in [0, 0.1) is 0 Å². The van der Waals surface area contributed by atoms with Crippen LogP contribution in [0.1, 0.15) is 6.92 Å². The predicted molar refractivity (Wildman–Crippen MR) is 86.7 cm³/mol. The standard InChI is InChI=1S/C15H20N2O7S/c1-2-23-15(19)16-14(18)11-24-12-3-5-13(6-4-12)25(20,21)17-7-9-22-10-8-17/h3-6H,2,7-11H2,1H3,(H,16,18,19). The lowest BCUT2D eigenvalue weighted by atomic mass is 10.3. The molecule has 9 nitrogen and oxygen atoms in total. The number of benzene rings is 1. The Hall–Kier alpha value is -2.17. The third-order valence-corrected chi connectivity index (χ3v) is 5.23. The number of carbonyl (C=O) groups excluding carboxylic acids is 2. The topological polar surface area (TPSA) is 111 Å². The summed E-state index contributed by atoms with van der Waals surface area (Å²) in [5.41, 5.74) is 0. The highest BCUT2D eigenvalue weighted by molar-refractivity contribution is 7.89. The Morgan fingerprint density at radius 2 is 1.84 bits per heavy atom. The lowest BCUT2D eigenvalue weighted by Crippen LogP contribution is -2.40. The van der Waals surface area contributed by atoms with Crippen LogP contribution in [-0.4, -0.2) is 64.2 Å². The zero-order valence-corrected chi connectivity index (χ0v) is 14.6. The maximum atomic E-state index is 12.5. The number of nitrogens with zero attached hydrogens (tertiary/aromatic N) is 1. The number of nitrogens with one attached hydrogen (secondary N) is 1. The number of alkyl carbamates (subject to hydrolysis) is 1. The van der Waals surface area contributed by atoms with Crippen LogP contribution < -0.4 is 10.1 Å². The molecule has 0 bridgehead atoms. The fourth-order valence-corrected chi connectivity index (χ4v) is 3.52. The number of carbonyl (C=O) groups is 2. The smallest absolute Gasteiger partial charge is 0.413 e. The van der Waals surface area contributed by atoms with E-state index in [0.717, 1.165) is 0 Å². The van der Waals surface area contributed by atoms with E-state index in [4.69, 9.17) is 9.47 Å². The van der Waals surface area contributed by atoms with E-state index in [-0.39, 0.29) is 11.5 Å². The van der Waals surface area contributed by atoms with Crippen LogP contribution in [-0.2, 0) is 24.3 Å². The van der Waals surface area contributed by atoms with Gasteiger partial charge in [0, 0.05) is 13.1 Å². The highest BCUT2D eigenvalue weighted by atomic mass is 32.2. The fraction of sp³-hybridized carbons (Fsp3) is 0.467. The summed E-state index contributed by atoms with van der Waals surface area (Å²) >= 11 is 0. The Morgan fingerprint density at radius 3 is 2.44 bits per heavy atom. The van der Waals surface area contributed by atoms with Crippen molar-refractivity contribution in [2.45, 2.75) is 11.8 Å². The lowest BCUT2D eigenvalue weighted by Gasteiger charge is -2.26. The molecule has 1 aliphatic rings. The molecule has 0 radical (unpaired) electrons. The van der Waals surface area contributed by atoms with Crippen molar-refractivity contribution in [1.82, 2.24) is 9.62 Å². The summed E-state index contributed by atoms with van der Waals surface area (Å²) in [5, 5.41) is 1.99. The number of morpholine rings is 1. The van der Waals surface area contributed by atoms with Gasteiger partial charge in [-0.15, -0.1) is 0 Å². The molecule has 1 aromatic carbocycles. The summed E-state index contributed by atoms with van der Waals surface area (Å²) in [6.07, 6.45) is -0.844. The van der Waals surface area contributed by atoms with Gasteiger partial charge >= 0.3 is 6.09 Å². The van der Waals surface area contributed by atoms with Gasteiger partial charge in [-0.2, -0.15) is 4.31 Å². The van der Waals surface area contributed by atoms with E-state index in [9.17, 15) is 18.0 Å². The Kier molecular flexibility index (Phi) is 6.73. The van der Waals surface area contributed by atoms with Gasteiger partial charge in [-0.1, -0.05) is 0 Å². The van der Waals surface area contributed by atoms with E-state index >= 15 is 0 Å². The Labute approximate surface area is 145 Å². The number of hydrogen-bond acceptors (Lipinski definition) is 7. The molecular formula is C15H20N2O7S. The molecule has 1 heterocycles. The quantitative estimate of drug-likeness (QED) is 0.767. The zero-order chi connectivity index (χ0) is 18.3. The van der Waals surface area contributed by atoms with E-state index in [0.29, 0.717) is 32.1 Å². The molecule has 10 heteroatoms. The van der Waals surface area contributed by atoms with E-state index < -0.39 is 28.6 Å². The summed E-state index contributed by atoms with van der Waals surface area (Å²) in [6, 6.07) is 5.71. The summed E-state index contributed by atoms with van der Waals surface area (Å²) in [4.78, 5) is 22.7. The third kappa shape index (κ3) is 5.41. The molecular weight excluding hydrogens is 352 g/mol. The summed E-state index contributed by atoms with van der Waals surface area (Å²) < 4.78 is 41.2. The Bertz CT molecular complexity index is 697. The summed E-state index contributed by atoms with van der Waals surface area (Å²) in [7, 11) is -3.57. The second kappa shape index (κ2) is 8.79. The van der Waals surface area contributed by atoms with Gasteiger partial charge in [0.25, 0.3) is 5.91 Å². The average Bonchev–Trinajstić information content (AvgIpc) is 2.61. The summed E-state index contributed by atoms with van der Waals surface area (Å²) in [6.45, 7) is 2.75. The third-order valence-electron chi connectivity index (χ3n) is 3.32. The molecule has 1 saturated heterocycles. The van der Waals surface area contributed by atoms with Crippen molar-refractivity contribution in [2.75, 3.05) is 39.5 Å². The molecule has 2 amide bonds. The second-order valence-corrected chi connectivity index (χ2v) is 6.98. The number of hydrogen-bond donors (Lipinski definition) is 1. The van der Waals surface area contributed by atoms with Crippen LogP contribution in [0.4, 0.5) is 4.79 Å². The van der Waals surface area contributed by atoms with Gasteiger partial charge in [-0.3, -0.25) is 10.1 Å². The lowest BCUT2D eigenvalue weighted by molar-refractivity contribution is -0.122. The number of rotatable bonds is 6. The molecule has 0 unspecified atom stereocenters. The van der Waals surface area contributed by atoms with Gasteiger partial charge < -0.3 is 14.2 Å². The normalized spacial score (nSPS) is 15.4. The highest BCUT2D eigenvalue weighted by Gasteiger charge is 2.26. The maximum absolute atomic E-state index is 12.5. The molecule has 2 rings (SSSR count). The van der Waals surface area contributed by atoms with Crippen LogP contribution in [0.3, 0.4) is 0 Å². The van der Waals surface area contributed by atoms with Crippen LogP contribution in [0.2, 0.25) is 0 Å². The largest absolute Gasteiger partial charge is 0.484 e. The highest BCUT2D eigenvalue weighted by Crippen LogP contribution is 2.20. The fourth-order valence-electron chi connectivity index (χ4n) is 2.11. The number of ether oxygens (including phenoxy) is 3. The van der Waals surface area contributed by atoms with E-state index in [1.54, 1.807) is 6.92 Å². The molecule has 0 saturated carbocycles. The van der Waals surface area contributed by atoms with Gasteiger partial charge in [-0.25, -0.2) is 13.2 Å². The van der Waals surface area contributed by atoms with E-state index in [1.165, 1.54) is 28.6 Å². The van der Waals surface area contributed by atoms with Crippen molar-refractivity contribution in [3.05, 3.63) is 24.3 Å². The molecule has 0 aromatic heterocycles. The van der Waals surface area contributed by atoms with Gasteiger partial charge in [-0.05, 0) is 31.2 Å². The zero-order valence-electron chi connectivity index (χ0n) is 13.8. The Morgan fingerprint density at radius 1 is 1.20 bits per heavy atom. The molecule has 0 spiro atoms. The average molecular weight is 372 g/mol. The minimum absolute atomic E-state index is 0.137. The first-order valence-electron chi connectivity index (χ1n) is 7.71. The number of imide groups is 1. The molecule has 0 aliphatic carbocycles. The van der Waals surface area contributed by atoms with Gasteiger partial charge in [0.05, 0.1) is 24.7 Å². The molecule has 0 atom stereocenters. The molecule has 1 fully saturated rings. The second-order valence-electron chi connectivity index (χ2n) is 5.05. The van der Waals surface area contributed by atoms with Crippen molar-refractivity contribution >= 4 is 22.0 Å². The molecule has 1 N–H and O–H groups in total. The van der Waals surface area contributed by atoms with E-state index in [2.05, 4.69) is 4.74 Å². The van der Waals surface area contributed by atoms with E-state index in [1.807, 2.05) is 5.32 Å². The number of sulfonamides is 1. The van der Waals surface area contributed by atoms with Crippen LogP contribution in [0.15, 0.2) is 29.2 Å². The van der Waals surface area contributed by atoms with Crippen molar-refractivity contribution in [3.63, 3.8) is 0 Å².